The summed E-state index contributed by atoms with van der Waals surface area (Å²) in [6, 6.07) is 8.59. The minimum atomic E-state index is 0.0863. The summed E-state index contributed by atoms with van der Waals surface area (Å²) in [7, 11) is 1.86. The average molecular weight is 310 g/mol. The molecule has 2 aromatic rings. The predicted octanol–water partition coefficient (Wildman–Crippen LogP) is 3.38. The second-order valence-electron chi connectivity index (χ2n) is 5.26. The van der Waals surface area contributed by atoms with Crippen molar-refractivity contribution in [2.45, 2.75) is 31.3 Å². The highest BCUT2D eigenvalue weighted by molar-refractivity contribution is 6.30. The van der Waals surface area contributed by atoms with Gasteiger partial charge in [-0.15, -0.1) is 11.6 Å². The first-order chi connectivity index (χ1) is 9.58. The first kappa shape index (κ1) is 13.9. The summed E-state index contributed by atoms with van der Waals surface area (Å²) >= 11 is 12.7. The Morgan fingerprint density at radius 2 is 2.15 bits per heavy atom. The van der Waals surface area contributed by atoms with E-state index in [9.17, 15) is 0 Å². The fourth-order valence-corrected chi connectivity index (χ4v) is 3.50. The highest BCUT2D eigenvalue weighted by Gasteiger charge is 2.30. The molecule has 106 valence electrons. The van der Waals surface area contributed by atoms with Crippen LogP contribution in [0.25, 0.3) is 0 Å². The molecule has 1 aliphatic carbocycles. The molecule has 0 amide bonds. The van der Waals surface area contributed by atoms with Crippen LogP contribution in [-0.4, -0.2) is 15.2 Å². The van der Waals surface area contributed by atoms with Crippen LogP contribution < -0.4 is 5.32 Å². The molecule has 0 bridgehead atoms. The molecule has 5 heteroatoms. The van der Waals surface area contributed by atoms with E-state index in [-0.39, 0.29) is 11.4 Å². The van der Waals surface area contributed by atoms with E-state index < -0.39 is 0 Å². The lowest BCUT2D eigenvalue weighted by Crippen LogP contribution is -2.25. The molecule has 0 saturated heterocycles. The van der Waals surface area contributed by atoms with E-state index in [1.165, 1.54) is 11.1 Å². The van der Waals surface area contributed by atoms with Crippen molar-refractivity contribution < 1.29 is 0 Å². The number of rotatable bonds is 3. The quantitative estimate of drug-likeness (QED) is 0.881. The van der Waals surface area contributed by atoms with Gasteiger partial charge in [0.2, 0.25) is 0 Å². The number of alkyl halides is 1. The molecule has 0 radical (unpaired) electrons. The largest absolute Gasteiger partial charge is 0.304 e. The average Bonchev–Trinajstić information content (AvgIpc) is 2.86. The monoisotopic (exact) mass is 309 g/mol. The molecular formula is C15H17Cl2N3. The van der Waals surface area contributed by atoms with Crippen molar-refractivity contribution >= 4 is 23.2 Å². The Morgan fingerprint density at radius 3 is 2.85 bits per heavy atom. The standard InChI is InChI=1S/C15H17Cl2N3/c1-9-12(15(17)20(2)19-9)8-18-14-11-6-4-3-5-10(11)7-13(14)16/h3-6,13-14,18H,7-8H2,1-2H3. The molecule has 0 spiro atoms. The number of hydrogen-bond acceptors (Lipinski definition) is 2. The van der Waals surface area contributed by atoms with E-state index in [1.54, 1.807) is 4.68 Å². The van der Waals surface area contributed by atoms with Crippen molar-refractivity contribution in [3.63, 3.8) is 0 Å². The molecule has 3 nitrogen and oxygen atoms in total. The third-order valence-corrected chi connectivity index (χ3v) is 4.81. The van der Waals surface area contributed by atoms with Crippen molar-refractivity contribution in [2.24, 2.45) is 7.05 Å². The maximum atomic E-state index is 6.48. The third kappa shape index (κ3) is 2.34. The number of aryl methyl sites for hydroxylation is 2. The molecule has 3 rings (SSSR count). The van der Waals surface area contributed by atoms with Gasteiger partial charge in [0.15, 0.2) is 0 Å². The Morgan fingerprint density at radius 1 is 1.40 bits per heavy atom. The van der Waals surface area contributed by atoms with Crippen molar-refractivity contribution in [2.75, 3.05) is 0 Å². The van der Waals surface area contributed by atoms with Crippen molar-refractivity contribution in [3.05, 3.63) is 51.8 Å². The summed E-state index contributed by atoms with van der Waals surface area (Å²) in [5.74, 6) is 0. The van der Waals surface area contributed by atoms with Gasteiger partial charge in [0.05, 0.1) is 11.1 Å². The van der Waals surface area contributed by atoms with Crippen molar-refractivity contribution in [1.29, 1.82) is 0 Å². The molecule has 2 atom stereocenters. The number of hydrogen-bond donors (Lipinski definition) is 1. The minimum absolute atomic E-state index is 0.0863. The third-order valence-electron chi connectivity index (χ3n) is 3.94. The first-order valence-corrected chi connectivity index (χ1v) is 7.52. The van der Waals surface area contributed by atoms with Gasteiger partial charge in [0, 0.05) is 25.2 Å². The number of benzene rings is 1. The Kier molecular flexibility index (Phi) is 3.76. The van der Waals surface area contributed by atoms with Crippen LogP contribution >= 0.6 is 23.2 Å². The lowest BCUT2D eigenvalue weighted by atomic mass is 10.1. The van der Waals surface area contributed by atoms with E-state index in [1.807, 2.05) is 14.0 Å². The smallest absolute Gasteiger partial charge is 0.131 e. The van der Waals surface area contributed by atoms with E-state index in [4.69, 9.17) is 23.2 Å². The number of halogens is 2. The van der Waals surface area contributed by atoms with Gasteiger partial charge >= 0.3 is 0 Å². The van der Waals surface area contributed by atoms with Crippen LogP contribution in [0.1, 0.15) is 28.4 Å². The Bertz CT molecular complexity index is 636. The van der Waals surface area contributed by atoms with E-state index in [0.29, 0.717) is 11.7 Å². The summed E-state index contributed by atoms with van der Waals surface area (Å²) in [6.45, 7) is 2.66. The van der Waals surface area contributed by atoms with Gasteiger partial charge in [0.1, 0.15) is 5.15 Å². The normalized spacial score (nSPS) is 21.2. The summed E-state index contributed by atoms with van der Waals surface area (Å²) in [4.78, 5) is 0. The van der Waals surface area contributed by atoms with Gasteiger partial charge in [-0.1, -0.05) is 35.9 Å². The summed E-state index contributed by atoms with van der Waals surface area (Å²) in [5, 5.41) is 8.63. The second-order valence-corrected chi connectivity index (χ2v) is 6.17. The molecule has 0 aliphatic heterocycles. The zero-order chi connectivity index (χ0) is 14.3. The fourth-order valence-electron chi connectivity index (χ4n) is 2.87. The zero-order valence-electron chi connectivity index (χ0n) is 11.5. The number of aromatic nitrogens is 2. The molecule has 1 aromatic carbocycles. The topological polar surface area (TPSA) is 29.9 Å². The number of nitrogens with zero attached hydrogens (tertiary/aromatic N) is 2. The highest BCUT2D eigenvalue weighted by atomic mass is 35.5. The van der Waals surface area contributed by atoms with Crippen LogP contribution in [0.2, 0.25) is 5.15 Å². The second kappa shape index (κ2) is 5.40. The lowest BCUT2D eigenvalue weighted by Gasteiger charge is -2.17. The van der Waals surface area contributed by atoms with E-state index >= 15 is 0 Å². The molecular weight excluding hydrogens is 293 g/mol. The molecule has 1 N–H and O–H groups in total. The van der Waals surface area contributed by atoms with Crippen LogP contribution in [0, 0.1) is 6.92 Å². The minimum Gasteiger partial charge on any atom is -0.304 e. The van der Waals surface area contributed by atoms with Gasteiger partial charge in [-0.25, -0.2) is 0 Å². The maximum absolute atomic E-state index is 6.48. The maximum Gasteiger partial charge on any atom is 0.131 e. The fraction of sp³-hybridized carbons (Fsp3) is 0.400. The van der Waals surface area contributed by atoms with Crippen LogP contribution in [0.4, 0.5) is 0 Å². The van der Waals surface area contributed by atoms with Crippen LogP contribution in [0.15, 0.2) is 24.3 Å². The molecule has 1 heterocycles. The van der Waals surface area contributed by atoms with E-state index in [0.717, 1.165) is 17.7 Å². The number of nitrogens with one attached hydrogen (secondary N) is 1. The molecule has 20 heavy (non-hydrogen) atoms. The molecule has 0 saturated carbocycles. The Hall–Kier alpha value is -1.03. The number of fused-ring (bicyclic) bond motifs is 1. The van der Waals surface area contributed by atoms with Gasteiger partial charge in [-0.2, -0.15) is 5.10 Å². The molecule has 0 fully saturated rings. The van der Waals surface area contributed by atoms with Crippen molar-refractivity contribution in [3.8, 4) is 0 Å². The summed E-state index contributed by atoms with van der Waals surface area (Å²) in [5.41, 5.74) is 4.63. The van der Waals surface area contributed by atoms with Crippen LogP contribution in [-0.2, 0) is 20.0 Å². The zero-order valence-corrected chi connectivity index (χ0v) is 13.0. The van der Waals surface area contributed by atoms with Gasteiger partial charge in [0.25, 0.3) is 0 Å². The highest BCUT2D eigenvalue weighted by Crippen LogP contribution is 2.35. The summed E-state index contributed by atoms with van der Waals surface area (Å²) < 4.78 is 1.70. The lowest BCUT2D eigenvalue weighted by molar-refractivity contribution is 0.535. The first-order valence-electron chi connectivity index (χ1n) is 6.71. The van der Waals surface area contributed by atoms with Crippen LogP contribution in [0.5, 0.6) is 0 Å². The summed E-state index contributed by atoms with van der Waals surface area (Å²) in [6.07, 6.45) is 0.912. The van der Waals surface area contributed by atoms with Gasteiger partial charge in [-0.3, -0.25) is 4.68 Å². The van der Waals surface area contributed by atoms with E-state index in [2.05, 4.69) is 34.7 Å². The van der Waals surface area contributed by atoms with Crippen LogP contribution in [0.3, 0.4) is 0 Å². The Labute approximate surface area is 128 Å². The van der Waals surface area contributed by atoms with Gasteiger partial charge < -0.3 is 5.32 Å². The molecule has 1 aliphatic rings. The molecule has 2 unspecified atom stereocenters. The Balaban J connectivity index is 1.79. The van der Waals surface area contributed by atoms with Crippen molar-refractivity contribution in [1.82, 2.24) is 15.1 Å². The SMILES string of the molecule is Cc1nn(C)c(Cl)c1CNC1c2ccccc2CC1Cl. The van der Waals surface area contributed by atoms with Gasteiger partial charge in [-0.05, 0) is 24.5 Å². The predicted molar refractivity (Wildman–Crippen MR) is 82.3 cm³/mol. The molecule has 1 aromatic heterocycles.